The molecule has 0 heterocycles. The third-order valence-corrected chi connectivity index (χ3v) is 4.88. The Kier molecular flexibility index (Phi) is 7.61. The van der Waals surface area contributed by atoms with Gasteiger partial charge in [-0.25, -0.2) is 13.1 Å². The molecule has 0 radical (unpaired) electrons. The fourth-order valence-electron chi connectivity index (χ4n) is 1.50. The molecule has 1 atom stereocenters. The van der Waals surface area contributed by atoms with Crippen molar-refractivity contribution in [3.05, 3.63) is 29.8 Å². The van der Waals surface area contributed by atoms with Crippen molar-refractivity contribution < 1.29 is 17.7 Å². The molecule has 1 aromatic carbocycles. The van der Waals surface area contributed by atoms with Crippen molar-refractivity contribution in [1.29, 1.82) is 0 Å². The monoisotopic (exact) mass is 329 g/mol. The molecule has 1 rings (SSSR count). The number of aliphatic hydroxyl groups is 1. The summed E-state index contributed by atoms with van der Waals surface area (Å²) < 4.78 is 37.3. The normalized spacial score (nSPS) is 12.5. The third-order valence-electron chi connectivity index (χ3n) is 2.53. The van der Waals surface area contributed by atoms with Crippen molar-refractivity contribution in [2.45, 2.75) is 17.7 Å². The van der Waals surface area contributed by atoms with Gasteiger partial charge in [0.2, 0.25) is 10.0 Å². The second-order valence-electron chi connectivity index (χ2n) is 4.33. The molecule has 7 heteroatoms. The largest absolute Gasteiger partial charge is 0.395 e. The van der Waals surface area contributed by atoms with Crippen LogP contribution in [0.15, 0.2) is 29.2 Å². The summed E-state index contributed by atoms with van der Waals surface area (Å²) in [7, 11) is -4.45. The summed E-state index contributed by atoms with van der Waals surface area (Å²) in [6.07, 6.45) is 2.51. The lowest BCUT2D eigenvalue weighted by Crippen LogP contribution is -2.25. The Balaban J connectivity index is 2.63. The number of hydrogen-bond acceptors (Lipinski definition) is 4. The average Bonchev–Trinajstić information content (AvgIpc) is 2.44. The smallest absolute Gasteiger partial charge is 0.240 e. The van der Waals surface area contributed by atoms with Gasteiger partial charge in [0, 0.05) is 41.3 Å². The molecule has 0 aromatic heterocycles. The number of sulfonamides is 1. The lowest BCUT2D eigenvalue weighted by molar-refractivity contribution is 0.305. The van der Waals surface area contributed by atoms with Crippen LogP contribution in [-0.2, 0) is 20.8 Å². The van der Waals surface area contributed by atoms with E-state index < -0.39 is 20.8 Å². The molecule has 0 spiro atoms. The molecule has 5 nitrogen and oxygen atoms in total. The zero-order chi connectivity index (χ0) is 15.7. The first-order chi connectivity index (χ1) is 9.95. The van der Waals surface area contributed by atoms with E-state index >= 15 is 0 Å². The Labute approximate surface area is 128 Å². The summed E-state index contributed by atoms with van der Waals surface area (Å²) in [4.78, 5) is 0.174. The van der Waals surface area contributed by atoms with E-state index in [1.165, 1.54) is 12.1 Å². The average molecular weight is 329 g/mol. The minimum Gasteiger partial charge on any atom is -0.395 e. The van der Waals surface area contributed by atoms with Crippen LogP contribution in [0.4, 0.5) is 0 Å². The highest BCUT2D eigenvalue weighted by Gasteiger charge is 2.12. The standard InChI is InChI=1S/C14H19NO4S2/c1-20(17)12-4-10-15-21(18,19)14-8-6-13(7-9-14)5-2-3-11-16/h6-9,15-16H,3-4,10-12H2,1H3. The van der Waals surface area contributed by atoms with Gasteiger partial charge in [-0.05, 0) is 30.7 Å². The summed E-state index contributed by atoms with van der Waals surface area (Å²) in [5.74, 6) is 6.07. The van der Waals surface area contributed by atoms with Crippen LogP contribution in [0.2, 0.25) is 0 Å². The maximum absolute atomic E-state index is 12.0. The van der Waals surface area contributed by atoms with Gasteiger partial charge in [-0.1, -0.05) is 11.8 Å². The molecule has 0 bridgehead atoms. The SMILES string of the molecule is CS(=O)CCCNS(=O)(=O)c1ccc(C#CCCO)cc1. The van der Waals surface area contributed by atoms with E-state index in [9.17, 15) is 12.6 Å². The molecule has 0 aliphatic heterocycles. The van der Waals surface area contributed by atoms with Crippen molar-refractivity contribution in [3.8, 4) is 11.8 Å². The van der Waals surface area contributed by atoms with E-state index in [1.54, 1.807) is 18.4 Å². The number of hydrogen-bond donors (Lipinski definition) is 2. The van der Waals surface area contributed by atoms with Crippen molar-refractivity contribution in [3.63, 3.8) is 0 Å². The highest BCUT2D eigenvalue weighted by atomic mass is 32.2. The first-order valence-electron chi connectivity index (χ1n) is 6.45. The molecule has 21 heavy (non-hydrogen) atoms. The van der Waals surface area contributed by atoms with Gasteiger partial charge in [-0.15, -0.1) is 0 Å². The van der Waals surface area contributed by atoms with Gasteiger partial charge >= 0.3 is 0 Å². The second kappa shape index (κ2) is 8.95. The molecule has 2 N–H and O–H groups in total. The van der Waals surface area contributed by atoms with Crippen LogP contribution in [0, 0.1) is 11.8 Å². The molecule has 0 aliphatic carbocycles. The summed E-state index contributed by atoms with van der Waals surface area (Å²) >= 11 is 0. The molecular formula is C14H19NO4S2. The van der Waals surface area contributed by atoms with Crippen LogP contribution in [0.1, 0.15) is 18.4 Å². The van der Waals surface area contributed by atoms with Crippen LogP contribution < -0.4 is 4.72 Å². The lowest BCUT2D eigenvalue weighted by Gasteiger charge is -2.06. The molecule has 0 amide bonds. The van der Waals surface area contributed by atoms with E-state index in [0.717, 1.165) is 0 Å². The fraction of sp³-hybridized carbons (Fsp3) is 0.429. The molecule has 0 fully saturated rings. The number of rotatable bonds is 7. The molecule has 0 aliphatic rings. The summed E-state index contributed by atoms with van der Waals surface area (Å²) in [5.41, 5.74) is 0.698. The Morgan fingerprint density at radius 3 is 2.52 bits per heavy atom. The lowest BCUT2D eigenvalue weighted by atomic mass is 10.2. The quantitative estimate of drug-likeness (QED) is 0.562. The van der Waals surface area contributed by atoms with Gasteiger partial charge in [0.25, 0.3) is 0 Å². The molecule has 1 aromatic rings. The van der Waals surface area contributed by atoms with E-state index in [4.69, 9.17) is 5.11 Å². The van der Waals surface area contributed by atoms with Crippen molar-refractivity contribution >= 4 is 20.8 Å². The Morgan fingerprint density at radius 1 is 1.29 bits per heavy atom. The minimum absolute atomic E-state index is 0.00588. The first kappa shape index (κ1) is 17.9. The summed E-state index contributed by atoms with van der Waals surface area (Å²) in [5, 5.41) is 8.62. The Bertz CT molecular complexity index is 627. The van der Waals surface area contributed by atoms with Crippen LogP contribution in [0.3, 0.4) is 0 Å². The summed E-state index contributed by atoms with van der Waals surface area (Å²) in [6.45, 7) is 0.270. The van der Waals surface area contributed by atoms with Gasteiger partial charge in [0.1, 0.15) is 0 Å². The van der Waals surface area contributed by atoms with Crippen LogP contribution >= 0.6 is 0 Å². The van der Waals surface area contributed by atoms with Crippen LogP contribution in [0.5, 0.6) is 0 Å². The van der Waals surface area contributed by atoms with E-state index in [2.05, 4.69) is 16.6 Å². The minimum atomic E-state index is -3.54. The van der Waals surface area contributed by atoms with Crippen molar-refractivity contribution in [2.75, 3.05) is 25.2 Å². The first-order valence-corrected chi connectivity index (χ1v) is 9.66. The van der Waals surface area contributed by atoms with Gasteiger partial charge in [0.05, 0.1) is 11.5 Å². The zero-order valence-electron chi connectivity index (χ0n) is 11.8. The van der Waals surface area contributed by atoms with Gasteiger partial charge in [0.15, 0.2) is 0 Å². The zero-order valence-corrected chi connectivity index (χ0v) is 13.5. The Morgan fingerprint density at radius 2 is 1.95 bits per heavy atom. The van der Waals surface area contributed by atoms with Crippen LogP contribution in [-0.4, -0.2) is 42.9 Å². The van der Waals surface area contributed by atoms with Crippen molar-refractivity contribution in [1.82, 2.24) is 4.72 Å². The number of aliphatic hydroxyl groups excluding tert-OH is 1. The number of benzene rings is 1. The van der Waals surface area contributed by atoms with Crippen LogP contribution in [0.25, 0.3) is 0 Å². The highest BCUT2D eigenvalue weighted by molar-refractivity contribution is 7.89. The topological polar surface area (TPSA) is 83.5 Å². The maximum Gasteiger partial charge on any atom is 0.240 e. The third kappa shape index (κ3) is 6.87. The predicted octanol–water partition coefficient (Wildman–Crippen LogP) is 0.467. The van der Waals surface area contributed by atoms with Crippen molar-refractivity contribution in [2.24, 2.45) is 0 Å². The molecule has 0 saturated carbocycles. The second-order valence-corrected chi connectivity index (χ2v) is 7.65. The van der Waals surface area contributed by atoms with E-state index in [1.807, 2.05) is 0 Å². The highest BCUT2D eigenvalue weighted by Crippen LogP contribution is 2.10. The summed E-state index contributed by atoms with van der Waals surface area (Å²) in [6, 6.07) is 6.23. The maximum atomic E-state index is 12.0. The van der Waals surface area contributed by atoms with E-state index in [0.29, 0.717) is 24.2 Å². The predicted molar refractivity (Wildman–Crippen MR) is 83.8 cm³/mol. The fourth-order valence-corrected chi connectivity index (χ4v) is 3.13. The molecule has 0 saturated heterocycles. The van der Waals surface area contributed by atoms with Gasteiger partial charge in [-0.2, -0.15) is 0 Å². The van der Waals surface area contributed by atoms with Gasteiger partial charge in [-0.3, -0.25) is 4.21 Å². The number of nitrogens with one attached hydrogen (secondary N) is 1. The molecule has 116 valence electrons. The Hall–Kier alpha value is -1.20. The molecular weight excluding hydrogens is 310 g/mol. The van der Waals surface area contributed by atoms with E-state index in [-0.39, 0.29) is 18.0 Å². The molecule has 1 unspecified atom stereocenters. The van der Waals surface area contributed by atoms with Gasteiger partial charge < -0.3 is 5.11 Å².